The second kappa shape index (κ2) is 29.7. The molecular formula is C102H64N8. The highest BCUT2D eigenvalue weighted by Crippen LogP contribution is 2.47. The molecule has 0 saturated heterocycles. The van der Waals surface area contributed by atoms with Gasteiger partial charge in [-0.2, -0.15) is 10.5 Å². The molecule has 17 aromatic carbocycles. The number of aromatic nitrogens is 6. The predicted molar refractivity (Wildman–Crippen MR) is 450 cm³/mol. The number of fused-ring (bicyclic) bond motifs is 4. The van der Waals surface area contributed by atoms with Gasteiger partial charge in [-0.15, -0.1) is 0 Å². The van der Waals surface area contributed by atoms with Crippen LogP contribution in [0, 0.1) is 22.7 Å². The normalized spacial score (nSPS) is 11.1. The number of hydrogen-bond acceptors (Lipinski definition) is 8. The van der Waals surface area contributed by atoms with Crippen LogP contribution >= 0.6 is 0 Å². The monoisotopic (exact) mass is 1400 g/mol. The van der Waals surface area contributed by atoms with Crippen molar-refractivity contribution in [1.82, 2.24) is 29.9 Å². The van der Waals surface area contributed by atoms with Crippen molar-refractivity contribution in [2.75, 3.05) is 0 Å². The molecule has 0 aliphatic carbocycles. The summed E-state index contributed by atoms with van der Waals surface area (Å²) in [5.74, 6) is 3.81. The summed E-state index contributed by atoms with van der Waals surface area (Å²) in [5, 5.41) is 28.1. The van der Waals surface area contributed by atoms with Crippen LogP contribution < -0.4 is 0 Å². The third kappa shape index (κ3) is 13.3. The minimum Gasteiger partial charge on any atom is -0.208 e. The van der Waals surface area contributed by atoms with E-state index in [1.165, 1.54) is 54.4 Å². The van der Waals surface area contributed by atoms with E-state index in [9.17, 15) is 10.5 Å². The van der Waals surface area contributed by atoms with E-state index in [1.807, 2.05) is 170 Å². The Morgan fingerprint density at radius 3 is 0.691 bits per heavy atom. The Labute approximate surface area is 637 Å². The third-order valence-corrected chi connectivity index (χ3v) is 20.4. The summed E-state index contributed by atoms with van der Waals surface area (Å²) in [6, 6.07) is 139. The topological polar surface area (TPSA) is 125 Å². The lowest BCUT2D eigenvalue weighted by atomic mass is 9.84. The molecule has 0 bridgehead atoms. The van der Waals surface area contributed by atoms with Gasteiger partial charge >= 0.3 is 0 Å². The standard InChI is InChI=1S/C54H34N4.C48H30N4/c55-35-36-19-21-37(22-20-36)38-23-25-41(26-24-38)50-46-17-9-7-11-39(46)31-33-48(50)49-34-32-40-12-8-10-18-47(40)51(49)42-27-29-45(30-28-42)54-57-52(43-13-3-1-4-14-43)56-53(58-54)44-15-5-2-6-16-44;49-31-32-19-21-34(22-20-32)39-29-30-43(42-18-10-9-17-41(39)42)44-28-27-33-11-7-8-16-40(33)45(44)35-23-25-38(26-24-35)48-51-46(36-12-3-1-4-13-36)50-47(52-48)37-14-5-2-6-15-37/h1-34H;1-30H. The number of rotatable bonds is 13. The van der Waals surface area contributed by atoms with Crippen molar-refractivity contribution in [2.45, 2.75) is 0 Å². The van der Waals surface area contributed by atoms with Crippen LogP contribution in [-0.2, 0) is 0 Å². The predicted octanol–water partition coefficient (Wildman–Crippen LogP) is 25.8. The van der Waals surface area contributed by atoms with Gasteiger partial charge in [-0.05, 0) is 145 Å². The first-order chi connectivity index (χ1) is 54.4. The third-order valence-electron chi connectivity index (χ3n) is 20.4. The second-order valence-corrected chi connectivity index (χ2v) is 27.0. The van der Waals surface area contributed by atoms with E-state index in [0.29, 0.717) is 46.1 Å². The van der Waals surface area contributed by atoms with Gasteiger partial charge in [0.25, 0.3) is 0 Å². The maximum atomic E-state index is 9.35. The zero-order valence-electron chi connectivity index (χ0n) is 59.5. The average Bonchev–Trinajstić information content (AvgIpc) is 0.750. The highest BCUT2D eigenvalue weighted by molar-refractivity contribution is 6.13. The highest BCUT2D eigenvalue weighted by Gasteiger charge is 2.22. The molecule has 0 N–H and O–H groups in total. The lowest BCUT2D eigenvalue weighted by Gasteiger charge is -2.19. The maximum absolute atomic E-state index is 9.35. The van der Waals surface area contributed by atoms with Crippen molar-refractivity contribution >= 4 is 43.1 Å². The summed E-state index contributed by atoms with van der Waals surface area (Å²) >= 11 is 0. The molecule has 0 amide bonds. The number of hydrogen-bond donors (Lipinski definition) is 0. The Bertz CT molecular complexity index is 6600. The summed E-state index contributed by atoms with van der Waals surface area (Å²) in [6.45, 7) is 0. The molecule has 8 heteroatoms. The van der Waals surface area contributed by atoms with Gasteiger partial charge in [-0.25, -0.2) is 29.9 Å². The first kappa shape index (κ1) is 66.7. The van der Waals surface area contributed by atoms with Crippen LogP contribution in [0.3, 0.4) is 0 Å². The number of nitriles is 2. The molecule has 0 atom stereocenters. The SMILES string of the molecule is N#Cc1ccc(-c2ccc(-c3c(-c4ccc5ccccc5c4-c4ccc(-c5nc(-c6ccccc6)nc(-c6ccccc6)n5)cc4)ccc4ccccc34)cc2)cc1.N#Cc1ccc(-c2ccc(-c3ccc4ccccc4c3-c3ccc(-c4nc(-c5ccccc5)nc(-c5ccccc5)n4)cc3)c3ccccc23)cc1. The van der Waals surface area contributed by atoms with E-state index in [1.54, 1.807) is 0 Å². The summed E-state index contributed by atoms with van der Waals surface area (Å²) in [6.07, 6.45) is 0. The minimum atomic E-state index is 0.624. The molecule has 19 aromatic rings. The molecule has 0 radical (unpaired) electrons. The fraction of sp³-hybridized carbons (Fsp3) is 0. The first-order valence-electron chi connectivity index (χ1n) is 36.6. The van der Waals surface area contributed by atoms with Crippen LogP contribution in [0.4, 0.5) is 0 Å². The fourth-order valence-corrected chi connectivity index (χ4v) is 14.9. The lowest BCUT2D eigenvalue weighted by Crippen LogP contribution is -2.00. The smallest absolute Gasteiger partial charge is 0.164 e. The molecule has 2 heterocycles. The molecule has 512 valence electrons. The van der Waals surface area contributed by atoms with Crippen LogP contribution in [0.25, 0.3) is 189 Å². The van der Waals surface area contributed by atoms with Crippen molar-refractivity contribution in [3.8, 4) is 158 Å². The average molecular weight is 1400 g/mol. The molecule has 2 aromatic heterocycles. The molecule has 0 aliphatic rings. The van der Waals surface area contributed by atoms with Gasteiger partial charge in [0.05, 0.1) is 23.3 Å². The quantitative estimate of drug-likeness (QED) is 0.112. The Morgan fingerprint density at radius 1 is 0.155 bits per heavy atom. The van der Waals surface area contributed by atoms with Gasteiger partial charge in [0, 0.05) is 33.4 Å². The fourth-order valence-electron chi connectivity index (χ4n) is 14.9. The van der Waals surface area contributed by atoms with Gasteiger partial charge in [-0.3, -0.25) is 0 Å². The highest BCUT2D eigenvalue weighted by atomic mass is 15.0. The molecule has 0 saturated carbocycles. The summed E-state index contributed by atoms with van der Waals surface area (Å²) in [4.78, 5) is 29.6. The van der Waals surface area contributed by atoms with Crippen molar-refractivity contribution in [3.63, 3.8) is 0 Å². The Balaban J connectivity index is 0.000000155. The van der Waals surface area contributed by atoms with E-state index >= 15 is 0 Å². The zero-order valence-corrected chi connectivity index (χ0v) is 59.5. The maximum Gasteiger partial charge on any atom is 0.164 e. The zero-order chi connectivity index (χ0) is 73.7. The molecule has 19 rings (SSSR count). The van der Waals surface area contributed by atoms with Crippen LogP contribution in [-0.4, -0.2) is 29.9 Å². The van der Waals surface area contributed by atoms with Crippen LogP contribution in [0.5, 0.6) is 0 Å². The first-order valence-corrected chi connectivity index (χ1v) is 36.6. The van der Waals surface area contributed by atoms with Gasteiger partial charge in [-0.1, -0.05) is 364 Å². The largest absolute Gasteiger partial charge is 0.208 e. The van der Waals surface area contributed by atoms with E-state index in [0.717, 1.165) is 100.0 Å². The van der Waals surface area contributed by atoms with E-state index in [4.69, 9.17) is 29.9 Å². The van der Waals surface area contributed by atoms with Crippen LogP contribution in [0.15, 0.2) is 388 Å². The number of nitrogens with zero attached hydrogens (tertiary/aromatic N) is 8. The molecule has 110 heavy (non-hydrogen) atoms. The summed E-state index contributed by atoms with van der Waals surface area (Å²) in [7, 11) is 0. The molecule has 8 nitrogen and oxygen atoms in total. The minimum absolute atomic E-state index is 0.624. The second-order valence-electron chi connectivity index (χ2n) is 27.0. The van der Waals surface area contributed by atoms with Crippen molar-refractivity contribution in [1.29, 1.82) is 10.5 Å². The van der Waals surface area contributed by atoms with Gasteiger partial charge in [0.2, 0.25) is 0 Å². The van der Waals surface area contributed by atoms with Gasteiger partial charge < -0.3 is 0 Å². The van der Waals surface area contributed by atoms with Crippen LogP contribution in [0.1, 0.15) is 11.1 Å². The Hall–Kier alpha value is -15.2. The Kier molecular flexibility index (Phi) is 18.0. The van der Waals surface area contributed by atoms with Crippen molar-refractivity contribution in [3.05, 3.63) is 399 Å². The molecular weight excluding hydrogens is 1340 g/mol. The van der Waals surface area contributed by atoms with Crippen molar-refractivity contribution < 1.29 is 0 Å². The molecule has 0 aliphatic heterocycles. The van der Waals surface area contributed by atoms with E-state index in [2.05, 4.69) is 231 Å². The van der Waals surface area contributed by atoms with E-state index in [-0.39, 0.29) is 0 Å². The van der Waals surface area contributed by atoms with E-state index < -0.39 is 0 Å². The lowest BCUT2D eigenvalue weighted by molar-refractivity contribution is 1.07. The summed E-state index contributed by atoms with van der Waals surface area (Å²) in [5.41, 5.74) is 22.8. The molecule has 0 spiro atoms. The van der Waals surface area contributed by atoms with Gasteiger partial charge in [0.15, 0.2) is 34.9 Å². The van der Waals surface area contributed by atoms with Crippen molar-refractivity contribution in [2.24, 2.45) is 0 Å². The molecule has 0 fully saturated rings. The van der Waals surface area contributed by atoms with Crippen LogP contribution in [0.2, 0.25) is 0 Å². The summed E-state index contributed by atoms with van der Waals surface area (Å²) < 4.78 is 0. The Morgan fingerprint density at radius 2 is 0.373 bits per heavy atom. The number of benzene rings is 17. The molecule has 0 unspecified atom stereocenters. The van der Waals surface area contributed by atoms with Gasteiger partial charge in [0.1, 0.15) is 0 Å².